The van der Waals surface area contributed by atoms with Gasteiger partial charge >= 0.3 is 17.9 Å². The van der Waals surface area contributed by atoms with E-state index in [2.05, 4.69) is 28.9 Å². The number of hydrogen-bond donors (Lipinski definition) is 2. The number of halogens is 2. The van der Waals surface area contributed by atoms with Crippen molar-refractivity contribution in [1.82, 2.24) is 9.80 Å². The summed E-state index contributed by atoms with van der Waals surface area (Å²) in [5.74, 6) is -2.77. The Balaban J connectivity index is 0.000000610. The highest BCUT2D eigenvalue weighted by Gasteiger charge is 2.30. The number of ether oxygens (including phenoxy) is 1. The van der Waals surface area contributed by atoms with Crippen LogP contribution >= 0.6 is 23.4 Å². The largest absolute Gasteiger partial charge is 0.478 e. The molecule has 2 N–H and O–H groups in total. The number of rotatable bonds is 14. The molecule has 1 atom stereocenters. The molecule has 0 saturated carbocycles. The van der Waals surface area contributed by atoms with Crippen LogP contribution in [0, 0.1) is 5.82 Å². The Kier molecular flexibility index (Phi) is 15.9. The lowest BCUT2D eigenvalue weighted by Gasteiger charge is -2.39. The van der Waals surface area contributed by atoms with Crippen molar-refractivity contribution in [3.8, 4) is 0 Å². The van der Waals surface area contributed by atoms with Crippen LogP contribution in [0.15, 0.2) is 58.3 Å². The monoisotopic (exact) mass is 662 g/mol. The number of carbonyl (C=O) groups is 3. The fraction of sp³-hybridized carbons (Fsp3) is 0.500. The molecule has 1 fully saturated rings. The highest BCUT2D eigenvalue weighted by Crippen LogP contribution is 2.44. The van der Waals surface area contributed by atoms with Gasteiger partial charge in [-0.05, 0) is 54.3 Å². The third kappa shape index (κ3) is 13.1. The lowest BCUT2D eigenvalue weighted by atomic mass is 9.96. The molecule has 4 rings (SSSR count). The summed E-state index contributed by atoms with van der Waals surface area (Å²) in [4.78, 5) is 38.2. The maximum absolute atomic E-state index is 14.0. The SMILES string of the molecule is CCCCCCCCCC(=O)OCCN1CCN(C2Cc3ccc(F)cc3Sc3ccc(Cl)cc32)CC1.O=C(O)/C=C\C(=O)O. The number of hydrogen-bond acceptors (Lipinski definition) is 7. The Morgan fingerprint density at radius 1 is 0.933 bits per heavy atom. The summed E-state index contributed by atoms with van der Waals surface area (Å²) in [6.07, 6.45) is 10.9. The van der Waals surface area contributed by atoms with Crippen LogP contribution in [0.1, 0.15) is 75.5 Å². The number of unbranched alkanes of at least 4 members (excludes halogenated alkanes) is 6. The van der Waals surface area contributed by atoms with E-state index in [1.807, 2.05) is 12.1 Å². The molecule has 0 aromatic heterocycles. The van der Waals surface area contributed by atoms with E-state index in [1.54, 1.807) is 23.9 Å². The molecule has 0 radical (unpaired) electrons. The second-order valence-corrected chi connectivity index (χ2v) is 12.8. The Morgan fingerprint density at radius 2 is 1.60 bits per heavy atom. The summed E-state index contributed by atoms with van der Waals surface area (Å²) in [7, 11) is 0. The summed E-state index contributed by atoms with van der Waals surface area (Å²) in [6, 6.07) is 11.4. The minimum atomic E-state index is -1.26. The van der Waals surface area contributed by atoms with E-state index in [-0.39, 0.29) is 17.8 Å². The topological polar surface area (TPSA) is 107 Å². The molecule has 1 unspecified atom stereocenters. The van der Waals surface area contributed by atoms with Crippen molar-refractivity contribution < 1.29 is 33.7 Å². The zero-order valence-corrected chi connectivity index (χ0v) is 27.5. The zero-order chi connectivity index (χ0) is 32.6. The van der Waals surface area contributed by atoms with E-state index in [1.165, 1.54) is 43.2 Å². The number of carboxylic acids is 2. The van der Waals surface area contributed by atoms with E-state index in [9.17, 15) is 18.8 Å². The van der Waals surface area contributed by atoms with Gasteiger partial charge in [0.15, 0.2) is 0 Å². The minimum Gasteiger partial charge on any atom is -0.478 e. The number of piperazine rings is 1. The Bertz CT molecular complexity index is 1290. The number of carboxylic acid groups (broad SMARTS) is 2. The van der Waals surface area contributed by atoms with Crippen molar-refractivity contribution in [3.63, 3.8) is 0 Å². The van der Waals surface area contributed by atoms with Gasteiger partial charge < -0.3 is 14.9 Å². The second kappa shape index (κ2) is 19.6. The van der Waals surface area contributed by atoms with Crippen molar-refractivity contribution in [2.75, 3.05) is 39.3 Å². The Hall–Kier alpha value is -2.92. The molecule has 1 saturated heterocycles. The van der Waals surface area contributed by atoms with E-state index < -0.39 is 11.9 Å². The van der Waals surface area contributed by atoms with Crippen LogP contribution in [-0.2, 0) is 25.5 Å². The molecule has 2 aliphatic rings. The predicted octanol–water partition coefficient (Wildman–Crippen LogP) is 7.24. The quantitative estimate of drug-likeness (QED) is 0.123. The second-order valence-electron chi connectivity index (χ2n) is 11.2. The van der Waals surface area contributed by atoms with E-state index in [0.717, 1.165) is 66.8 Å². The van der Waals surface area contributed by atoms with E-state index in [4.69, 9.17) is 26.6 Å². The normalized spacial score (nSPS) is 16.6. The number of carbonyl (C=O) groups excluding carboxylic acids is 1. The summed E-state index contributed by atoms with van der Waals surface area (Å²) in [6.45, 7) is 7.21. The molecule has 2 aromatic carbocycles. The Labute approximate surface area is 274 Å². The van der Waals surface area contributed by atoms with Crippen molar-refractivity contribution >= 4 is 41.3 Å². The molecule has 246 valence electrons. The summed E-state index contributed by atoms with van der Waals surface area (Å²) < 4.78 is 19.5. The Morgan fingerprint density at radius 3 is 2.27 bits per heavy atom. The molecule has 2 aliphatic heterocycles. The van der Waals surface area contributed by atoms with Crippen LogP contribution in [0.5, 0.6) is 0 Å². The molecule has 8 nitrogen and oxygen atoms in total. The van der Waals surface area contributed by atoms with Gasteiger partial charge in [-0.3, -0.25) is 14.6 Å². The summed E-state index contributed by atoms with van der Waals surface area (Å²) in [5.41, 5.74) is 2.40. The van der Waals surface area contributed by atoms with Gasteiger partial charge in [-0.1, -0.05) is 74.9 Å². The first-order chi connectivity index (χ1) is 21.7. The first kappa shape index (κ1) is 36.5. The van der Waals surface area contributed by atoms with Crippen LogP contribution in [0.4, 0.5) is 4.39 Å². The average molecular weight is 663 g/mol. The molecular weight excluding hydrogens is 619 g/mol. The summed E-state index contributed by atoms with van der Waals surface area (Å²) >= 11 is 8.04. The standard InChI is InChI=1S/C30H40ClFN2O2S.C4H4O4/c1-2-3-4-5-6-7-8-9-30(35)36-19-18-33-14-16-34(17-15-33)27-20-23-10-12-25(32)22-29(23)37-28-13-11-24(31)21-26(27)28;5-3(6)1-2-4(7)8/h10-13,21-22,27H,2-9,14-20H2,1H3;1-2H,(H,5,6)(H,7,8)/b;2-1-. The fourth-order valence-corrected chi connectivity index (χ4v) is 6.78. The van der Waals surface area contributed by atoms with Crippen molar-refractivity contribution in [2.24, 2.45) is 0 Å². The third-order valence-corrected chi connectivity index (χ3v) is 9.29. The van der Waals surface area contributed by atoms with Crippen LogP contribution in [0.3, 0.4) is 0 Å². The van der Waals surface area contributed by atoms with Gasteiger partial charge in [0.2, 0.25) is 0 Å². The molecule has 11 heteroatoms. The molecule has 0 spiro atoms. The van der Waals surface area contributed by atoms with Crippen molar-refractivity contribution in [1.29, 1.82) is 0 Å². The van der Waals surface area contributed by atoms with E-state index >= 15 is 0 Å². The third-order valence-electron chi connectivity index (χ3n) is 7.86. The van der Waals surface area contributed by atoms with Crippen LogP contribution in [0.25, 0.3) is 0 Å². The first-order valence-corrected chi connectivity index (χ1v) is 16.9. The first-order valence-electron chi connectivity index (χ1n) is 15.7. The van der Waals surface area contributed by atoms with Gasteiger partial charge in [-0.2, -0.15) is 0 Å². The number of nitrogens with zero attached hydrogens (tertiary/aromatic N) is 2. The van der Waals surface area contributed by atoms with Gasteiger partial charge in [-0.25, -0.2) is 14.0 Å². The van der Waals surface area contributed by atoms with Gasteiger partial charge in [0.1, 0.15) is 12.4 Å². The molecule has 2 heterocycles. The van der Waals surface area contributed by atoms with Crippen LogP contribution < -0.4 is 0 Å². The maximum atomic E-state index is 14.0. The lowest BCUT2D eigenvalue weighted by molar-refractivity contribution is -0.144. The molecule has 0 bridgehead atoms. The van der Waals surface area contributed by atoms with E-state index in [0.29, 0.717) is 25.2 Å². The number of esters is 1. The van der Waals surface area contributed by atoms with Crippen molar-refractivity contribution in [3.05, 3.63) is 70.5 Å². The fourth-order valence-electron chi connectivity index (χ4n) is 5.46. The lowest BCUT2D eigenvalue weighted by Crippen LogP contribution is -2.48. The van der Waals surface area contributed by atoms with Gasteiger partial charge in [0, 0.05) is 72.2 Å². The average Bonchev–Trinajstić information content (AvgIpc) is 3.16. The molecule has 2 aromatic rings. The minimum absolute atomic E-state index is 0.0632. The molecule has 0 amide bonds. The zero-order valence-electron chi connectivity index (χ0n) is 25.9. The van der Waals surface area contributed by atoms with Crippen LogP contribution in [0.2, 0.25) is 5.02 Å². The highest BCUT2D eigenvalue weighted by atomic mass is 35.5. The highest BCUT2D eigenvalue weighted by molar-refractivity contribution is 7.99. The van der Waals surface area contributed by atoms with Gasteiger partial charge in [0.25, 0.3) is 0 Å². The predicted molar refractivity (Wildman–Crippen MR) is 174 cm³/mol. The molecule has 45 heavy (non-hydrogen) atoms. The maximum Gasteiger partial charge on any atom is 0.328 e. The number of benzene rings is 2. The van der Waals surface area contributed by atoms with Gasteiger partial charge in [-0.15, -0.1) is 0 Å². The smallest absolute Gasteiger partial charge is 0.328 e. The number of aliphatic carboxylic acids is 2. The van der Waals surface area contributed by atoms with Crippen molar-refractivity contribution in [2.45, 2.75) is 80.5 Å². The molecule has 0 aliphatic carbocycles. The van der Waals surface area contributed by atoms with Crippen LogP contribution in [-0.4, -0.2) is 77.3 Å². The number of fused-ring (bicyclic) bond motifs is 2. The summed E-state index contributed by atoms with van der Waals surface area (Å²) in [5, 5.41) is 16.4. The van der Waals surface area contributed by atoms with Gasteiger partial charge in [0.05, 0.1) is 0 Å². The molecular formula is C34H44ClFN2O6S.